The van der Waals surface area contributed by atoms with Crippen LogP contribution in [-0.4, -0.2) is 51.5 Å². The van der Waals surface area contributed by atoms with Gasteiger partial charge in [0.05, 0.1) is 33.7 Å². The number of aromatic nitrogens is 4. The minimum absolute atomic E-state index is 0.199. The molecule has 0 fully saturated rings. The van der Waals surface area contributed by atoms with Crippen molar-refractivity contribution in [3.05, 3.63) is 41.7 Å². The van der Waals surface area contributed by atoms with E-state index in [1.54, 1.807) is 30.9 Å². The maximum Gasteiger partial charge on any atom is 0.353 e. The molecule has 1 aromatic carbocycles. The van der Waals surface area contributed by atoms with Crippen LogP contribution in [0.1, 0.15) is 90.4 Å². The van der Waals surface area contributed by atoms with Crippen molar-refractivity contribution >= 4 is 37.8 Å². The van der Waals surface area contributed by atoms with Gasteiger partial charge in [-0.05, 0) is 13.3 Å². The zero-order chi connectivity index (χ0) is 35.3. The summed E-state index contributed by atoms with van der Waals surface area (Å²) in [5.74, 6) is -8.91. The number of nitrogen functional groups attached to an aromatic ring is 1. The van der Waals surface area contributed by atoms with E-state index in [9.17, 15) is 31.4 Å². The highest BCUT2D eigenvalue weighted by Crippen LogP contribution is 2.42. The fraction of sp³-hybridized carbons (Fsp3) is 0.656. The highest BCUT2D eigenvalue weighted by molar-refractivity contribution is 7.52. The summed E-state index contributed by atoms with van der Waals surface area (Å²) >= 11 is 0. The van der Waals surface area contributed by atoms with Crippen molar-refractivity contribution in [1.82, 2.24) is 19.5 Å². The fourth-order valence-corrected chi connectivity index (χ4v) is 9.49. The molecule has 3 N–H and O–H groups in total. The van der Waals surface area contributed by atoms with Crippen LogP contribution in [0.25, 0.3) is 11.2 Å². The first-order valence-electron chi connectivity index (χ1n) is 16.8. The molecular formula is C32H49F5N5O4PSi. The second-order valence-corrected chi connectivity index (χ2v) is 19.6. The number of nitrogens with zero attached hydrogens (tertiary/aromatic N) is 4. The summed E-state index contributed by atoms with van der Waals surface area (Å²) in [5, 5.41) is -0.601. The number of rotatable bonds is 23. The molecule has 0 bridgehead atoms. The van der Waals surface area contributed by atoms with Gasteiger partial charge in [-0.15, -0.1) is 0 Å². The normalized spacial score (nSPS) is 14.1. The third kappa shape index (κ3) is 11.9. The maximum absolute atomic E-state index is 14.2. The summed E-state index contributed by atoms with van der Waals surface area (Å²) in [6.07, 6.45) is 15.1. The van der Waals surface area contributed by atoms with Gasteiger partial charge in [0.1, 0.15) is 18.2 Å². The van der Waals surface area contributed by atoms with E-state index in [0.717, 1.165) is 70.6 Å². The quantitative estimate of drug-likeness (QED) is 0.0250. The Morgan fingerprint density at radius 1 is 0.812 bits per heavy atom. The van der Waals surface area contributed by atoms with Crippen molar-refractivity contribution in [2.75, 3.05) is 18.7 Å². The van der Waals surface area contributed by atoms with Gasteiger partial charge in [-0.25, -0.2) is 36.9 Å². The van der Waals surface area contributed by atoms with E-state index in [4.69, 9.17) is 15.0 Å². The number of ether oxygens (including phenoxy) is 1. The molecule has 9 nitrogen and oxygen atoms in total. The Bertz CT molecular complexity index is 1490. The molecule has 16 heteroatoms. The van der Waals surface area contributed by atoms with Gasteiger partial charge >= 0.3 is 7.60 Å². The Kier molecular flexibility index (Phi) is 15.9. The molecule has 48 heavy (non-hydrogen) atoms. The molecule has 0 radical (unpaired) electrons. The third-order valence-corrected chi connectivity index (χ3v) is 13.0. The zero-order valence-corrected chi connectivity index (χ0v) is 30.0. The summed E-state index contributed by atoms with van der Waals surface area (Å²) in [6, 6.07) is 0.462. The lowest BCUT2D eigenvalue weighted by atomic mass is 10.0. The van der Waals surface area contributed by atoms with E-state index >= 15 is 0 Å². The summed E-state index contributed by atoms with van der Waals surface area (Å²) in [5.41, 5.74) is 6.86. The Morgan fingerprint density at radius 3 is 1.88 bits per heavy atom. The molecule has 0 saturated carbocycles. The summed E-state index contributed by atoms with van der Waals surface area (Å²) in [4.78, 5) is 22.4. The Labute approximate surface area is 280 Å². The van der Waals surface area contributed by atoms with Crippen LogP contribution < -0.4 is 10.9 Å². The number of benzene rings is 1. The molecule has 1 unspecified atom stereocenters. The molecule has 0 spiro atoms. The predicted octanol–water partition coefficient (Wildman–Crippen LogP) is 8.36. The fourth-order valence-electron chi connectivity index (χ4n) is 5.77. The number of hydrogen-bond acceptors (Lipinski definition) is 7. The molecule has 270 valence electrons. The van der Waals surface area contributed by atoms with Crippen LogP contribution in [0.5, 0.6) is 0 Å². The second-order valence-electron chi connectivity index (χ2n) is 13.1. The second kappa shape index (κ2) is 19.1. The number of unbranched alkanes of at least 4 members (excludes halogenated alkanes) is 12. The van der Waals surface area contributed by atoms with E-state index in [-0.39, 0.29) is 18.5 Å². The van der Waals surface area contributed by atoms with Gasteiger partial charge in [-0.3, -0.25) is 4.57 Å². The first kappa shape index (κ1) is 40.0. The standard InChI is InChI=1S/C32H49F5N5O4PSi/c1-23(19-42-21-41-29-31(38)39-20-40-32(29)42)45-22-47(43,44)46-17-15-13-11-9-7-5-4-6-8-10-12-14-16-18-48(2,3)30-27(36)25(34)24(33)26(35)28(30)37/h20-21,23H,4-19,22H2,1-3H3,(H,43,44)(H2,38,39,40)/t23-/m1/s1. The molecule has 0 aliphatic heterocycles. The first-order chi connectivity index (χ1) is 22.7. The molecule has 2 atom stereocenters. The van der Waals surface area contributed by atoms with Gasteiger partial charge in [0, 0.05) is 5.19 Å². The average molecular weight is 722 g/mol. The van der Waals surface area contributed by atoms with Gasteiger partial charge in [-0.1, -0.05) is 96.2 Å². The summed E-state index contributed by atoms with van der Waals surface area (Å²) < 4.78 is 94.0. The van der Waals surface area contributed by atoms with Crippen LogP contribution >= 0.6 is 7.60 Å². The Balaban J connectivity index is 1.14. The van der Waals surface area contributed by atoms with E-state index in [1.165, 1.54) is 6.33 Å². The zero-order valence-electron chi connectivity index (χ0n) is 28.1. The summed E-state index contributed by atoms with van der Waals surface area (Å²) in [7, 11) is -6.70. The minimum atomic E-state index is -3.86. The molecule has 2 heterocycles. The largest absolute Gasteiger partial charge is 0.382 e. The van der Waals surface area contributed by atoms with Crippen LogP contribution in [-0.2, 0) is 20.4 Å². The minimum Gasteiger partial charge on any atom is -0.382 e. The van der Waals surface area contributed by atoms with Crippen LogP contribution in [0.4, 0.5) is 27.8 Å². The predicted molar refractivity (Wildman–Crippen MR) is 179 cm³/mol. The number of fused-ring (bicyclic) bond motifs is 1. The van der Waals surface area contributed by atoms with Crippen LogP contribution in [0.15, 0.2) is 12.7 Å². The summed E-state index contributed by atoms with van der Waals surface area (Å²) in [6.45, 7) is 5.65. The number of halogens is 5. The van der Waals surface area contributed by atoms with Crippen molar-refractivity contribution in [2.45, 2.75) is 122 Å². The van der Waals surface area contributed by atoms with Gasteiger partial charge in [-0.2, -0.15) is 0 Å². The van der Waals surface area contributed by atoms with Crippen LogP contribution in [0.2, 0.25) is 19.1 Å². The van der Waals surface area contributed by atoms with Crippen LogP contribution in [0, 0.1) is 29.1 Å². The lowest BCUT2D eigenvalue weighted by Gasteiger charge is -2.24. The maximum atomic E-state index is 14.2. The van der Waals surface area contributed by atoms with Gasteiger partial charge in [0.25, 0.3) is 0 Å². The van der Waals surface area contributed by atoms with Crippen molar-refractivity contribution in [3.8, 4) is 0 Å². The SMILES string of the molecule is C[C@H](Cn1cnc2c(N)ncnc21)OCP(=O)(O)OCCCCCCCCCCCCCCC[Si](C)(C)c1c(F)c(F)c(F)c(F)c1F. The molecule has 0 saturated heterocycles. The van der Waals surface area contributed by atoms with Crippen molar-refractivity contribution in [3.63, 3.8) is 0 Å². The lowest BCUT2D eigenvalue weighted by Crippen LogP contribution is -2.47. The van der Waals surface area contributed by atoms with Crippen molar-refractivity contribution < 1.29 is 40.7 Å². The Morgan fingerprint density at radius 2 is 1.31 bits per heavy atom. The molecule has 2 aromatic heterocycles. The Hall–Kier alpha value is -2.45. The van der Waals surface area contributed by atoms with E-state index in [2.05, 4.69) is 15.0 Å². The highest BCUT2D eigenvalue weighted by atomic mass is 31.2. The average Bonchev–Trinajstić information content (AvgIpc) is 3.45. The number of nitrogens with two attached hydrogens (primary N) is 1. The van der Waals surface area contributed by atoms with Gasteiger partial charge < -0.3 is 24.5 Å². The van der Waals surface area contributed by atoms with Gasteiger partial charge in [0.15, 0.2) is 34.7 Å². The number of imidazole rings is 1. The molecular weight excluding hydrogens is 672 g/mol. The van der Waals surface area contributed by atoms with Crippen LogP contribution in [0.3, 0.4) is 0 Å². The van der Waals surface area contributed by atoms with Crippen molar-refractivity contribution in [1.29, 1.82) is 0 Å². The molecule has 0 aliphatic carbocycles. The van der Waals surface area contributed by atoms with Crippen molar-refractivity contribution in [2.24, 2.45) is 0 Å². The highest BCUT2D eigenvalue weighted by Gasteiger charge is 2.36. The smallest absolute Gasteiger partial charge is 0.353 e. The molecule has 3 aromatic rings. The molecule has 0 amide bonds. The number of hydrogen-bond donors (Lipinski definition) is 2. The van der Waals surface area contributed by atoms with Gasteiger partial charge in [0.2, 0.25) is 5.82 Å². The van der Waals surface area contributed by atoms with E-state index in [1.807, 2.05) is 0 Å². The monoisotopic (exact) mass is 721 g/mol. The molecule has 0 aliphatic rings. The topological polar surface area (TPSA) is 125 Å². The number of anilines is 1. The van der Waals surface area contributed by atoms with E-state index < -0.39 is 56.3 Å². The lowest BCUT2D eigenvalue weighted by molar-refractivity contribution is 0.0715. The molecule has 3 rings (SSSR count). The third-order valence-electron chi connectivity index (χ3n) is 8.53. The first-order valence-corrected chi connectivity index (χ1v) is 21.7. The van der Waals surface area contributed by atoms with E-state index in [0.29, 0.717) is 36.6 Å².